The summed E-state index contributed by atoms with van der Waals surface area (Å²) in [4.78, 5) is 10.8. The molecule has 1 N–H and O–H groups in total. The molecule has 1 amide bonds. The van der Waals surface area contributed by atoms with E-state index in [2.05, 4.69) is 5.32 Å². The zero-order valence-electron chi connectivity index (χ0n) is 7.46. The summed E-state index contributed by atoms with van der Waals surface area (Å²) in [5, 5.41) is 10.7. The SMILES string of the molecule is CCOC(C)CNC(=O)CC#N. The van der Waals surface area contributed by atoms with Crippen LogP contribution < -0.4 is 5.32 Å². The Balaban J connectivity index is 3.41. The molecule has 0 aromatic carbocycles. The van der Waals surface area contributed by atoms with Gasteiger partial charge in [-0.15, -0.1) is 0 Å². The molecule has 0 aliphatic carbocycles. The van der Waals surface area contributed by atoms with E-state index in [9.17, 15) is 4.79 Å². The van der Waals surface area contributed by atoms with Crippen LogP contribution in [-0.2, 0) is 9.53 Å². The topological polar surface area (TPSA) is 62.1 Å². The highest BCUT2D eigenvalue weighted by Gasteiger charge is 2.03. The first-order valence-electron chi connectivity index (χ1n) is 3.96. The van der Waals surface area contributed by atoms with Gasteiger partial charge in [0.25, 0.3) is 0 Å². The van der Waals surface area contributed by atoms with Crippen molar-refractivity contribution in [1.82, 2.24) is 5.32 Å². The third kappa shape index (κ3) is 5.69. The van der Waals surface area contributed by atoms with Crippen molar-refractivity contribution >= 4 is 5.91 Å². The summed E-state index contributed by atoms with van der Waals surface area (Å²) in [5.74, 6) is -0.246. The van der Waals surface area contributed by atoms with Gasteiger partial charge in [0.05, 0.1) is 12.2 Å². The minimum absolute atomic E-state index is 0.0117. The molecule has 0 aliphatic rings. The van der Waals surface area contributed by atoms with Gasteiger partial charge < -0.3 is 10.1 Å². The van der Waals surface area contributed by atoms with Crippen LogP contribution in [0.25, 0.3) is 0 Å². The van der Waals surface area contributed by atoms with Crippen LogP contribution in [0, 0.1) is 11.3 Å². The molecule has 0 saturated carbocycles. The standard InChI is InChI=1S/C8H14N2O2/c1-3-12-7(2)6-10-8(11)4-5-9/h7H,3-4,6H2,1-2H3,(H,10,11). The second kappa shape index (κ2) is 6.62. The summed E-state index contributed by atoms with van der Waals surface area (Å²) in [6.45, 7) is 4.87. The van der Waals surface area contributed by atoms with Crippen LogP contribution in [0.3, 0.4) is 0 Å². The smallest absolute Gasteiger partial charge is 0.234 e. The molecule has 0 spiro atoms. The molecule has 4 heteroatoms. The van der Waals surface area contributed by atoms with Gasteiger partial charge in [-0.2, -0.15) is 5.26 Å². The lowest BCUT2D eigenvalue weighted by Gasteiger charge is -2.11. The van der Waals surface area contributed by atoms with Crippen LogP contribution in [0.15, 0.2) is 0 Å². The average Bonchev–Trinajstić information content (AvgIpc) is 2.02. The fraction of sp³-hybridized carbons (Fsp3) is 0.750. The van der Waals surface area contributed by atoms with E-state index in [0.29, 0.717) is 13.2 Å². The number of carbonyl (C=O) groups is 1. The van der Waals surface area contributed by atoms with Crippen LogP contribution in [0.5, 0.6) is 0 Å². The molecule has 0 aliphatic heterocycles. The maximum absolute atomic E-state index is 10.8. The van der Waals surface area contributed by atoms with Crippen LogP contribution in [0.1, 0.15) is 20.3 Å². The monoisotopic (exact) mass is 170 g/mol. The third-order valence-electron chi connectivity index (χ3n) is 1.28. The van der Waals surface area contributed by atoms with Crippen LogP contribution >= 0.6 is 0 Å². The number of amides is 1. The largest absolute Gasteiger partial charge is 0.377 e. The molecule has 4 nitrogen and oxygen atoms in total. The number of nitrogens with zero attached hydrogens (tertiary/aromatic N) is 1. The maximum atomic E-state index is 10.8. The van der Waals surface area contributed by atoms with E-state index in [1.54, 1.807) is 6.07 Å². The van der Waals surface area contributed by atoms with E-state index >= 15 is 0 Å². The molecule has 0 radical (unpaired) electrons. The zero-order valence-corrected chi connectivity index (χ0v) is 7.46. The predicted molar refractivity (Wildman–Crippen MR) is 44.3 cm³/mol. The number of carbonyl (C=O) groups excluding carboxylic acids is 1. The van der Waals surface area contributed by atoms with Crippen LogP contribution in [0.4, 0.5) is 0 Å². The maximum Gasteiger partial charge on any atom is 0.234 e. The Hall–Kier alpha value is -1.08. The van der Waals surface area contributed by atoms with Gasteiger partial charge in [0.2, 0.25) is 5.91 Å². The molecule has 1 unspecified atom stereocenters. The van der Waals surface area contributed by atoms with Crippen LogP contribution in [-0.4, -0.2) is 25.2 Å². The Kier molecular flexibility index (Phi) is 6.02. The minimum Gasteiger partial charge on any atom is -0.377 e. The van der Waals surface area contributed by atoms with Crippen LogP contribution in [0.2, 0.25) is 0 Å². The average molecular weight is 170 g/mol. The van der Waals surface area contributed by atoms with Gasteiger partial charge in [0.15, 0.2) is 0 Å². The van der Waals surface area contributed by atoms with Crippen molar-refractivity contribution in [2.45, 2.75) is 26.4 Å². The highest BCUT2D eigenvalue weighted by molar-refractivity contribution is 5.77. The molecule has 0 bridgehead atoms. The predicted octanol–water partition coefficient (Wildman–Crippen LogP) is 0.441. The van der Waals surface area contributed by atoms with E-state index < -0.39 is 0 Å². The Labute approximate surface area is 72.5 Å². The summed E-state index contributed by atoms with van der Waals surface area (Å²) in [6.07, 6.45) is -0.0728. The van der Waals surface area contributed by atoms with E-state index in [-0.39, 0.29) is 18.4 Å². The second-order valence-corrected chi connectivity index (χ2v) is 2.40. The van der Waals surface area contributed by atoms with Gasteiger partial charge in [-0.25, -0.2) is 0 Å². The number of ether oxygens (including phenoxy) is 1. The summed E-state index contributed by atoms with van der Waals surface area (Å²) >= 11 is 0. The summed E-state index contributed by atoms with van der Waals surface area (Å²) in [5.41, 5.74) is 0. The molecule has 1 atom stereocenters. The van der Waals surface area contributed by atoms with Gasteiger partial charge in [-0.3, -0.25) is 4.79 Å². The van der Waals surface area contributed by atoms with Crippen molar-refractivity contribution in [3.05, 3.63) is 0 Å². The minimum atomic E-state index is -0.246. The first-order valence-corrected chi connectivity index (χ1v) is 3.96. The highest BCUT2D eigenvalue weighted by atomic mass is 16.5. The van der Waals surface area contributed by atoms with E-state index in [0.717, 1.165) is 0 Å². The molecule has 68 valence electrons. The van der Waals surface area contributed by atoms with Crippen molar-refractivity contribution in [1.29, 1.82) is 5.26 Å². The Morgan fingerprint density at radius 3 is 2.92 bits per heavy atom. The first kappa shape index (κ1) is 10.9. The molecule has 0 saturated heterocycles. The van der Waals surface area contributed by atoms with E-state index in [1.165, 1.54) is 0 Å². The Bertz CT molecular complexity index is 174. The van der Waals surface area contributed by atoms with Crippen molar-refractivity contribution in [3.63, 3.8) is 0 Å². The summed E-state index contributed by atoms with van der Waals surface area (Å²) in [7, 11) is 0. The number of nitrogens with one attached hydrogen (secondary N) is 1. The Morgan fingerprint density at radius 2 is 2.42 bits per heavy atom. The summed E-state index contributed by atoms with van der Waals surface area (Å²) < 4.78 is 5.17. The van der Waals surface area contributed by atoms with E-state index in [4.69, 9.17) is 10.00 Å². The quantitative estimate of drug-likeness (QED) is 0.651. The lowest BCUT2D eigenvalue weighted by Crippen LogP contribution is -2.31. The molecule has 0 rings (SSSR count). The molecule has 0 fully saturated rings. The number of nitriles is 1. The first-order chi connectivity index (χ1) is 5.70. The van der Waals surface area contributed by atoms with Gasteiger partial charge in [-0.1, -0.05) is 0 Å². The Morgan fingerprint density at radius 1 is 1.75 bits per heavy atom. The number of hydrogen-bond acceptors (Lipinski definition) is 3. The van der Waals surface area contributed by atoms with Gasteiger partial charge >= 0.3 is 0 Å². The van der Waals surface area contributed by atoms with Crippen molar-refractivity contribution in [2.24, 2.45) is 0 Å². The summed E-state index contributed by atoms with van der Waals surface area (Å²) in [6, 6.07) is 1.77. The molecular weight excluding hydrogens is 156 g/mol. The highest BCUT2D eigenvalue weighted by Crippen LogP contribution is 1.87. The number of rotatable bonds is 5. The van der Waals surface area contributed by atoms with Crippen molar-refractivity contribution in [3.8, 4) is 6.07 Å². The molecular formula is C8H14N2O2. The number of hydrogen-bond donors (Lipinski definition) is 1. The van der Waals surface area contributed by atoms with Crippen molar-refractivity contribution in [2.75, 3.05) is 13.2 Å². The normalized spacial score (nSPS) is 11.8. The molecule has 12 heavy (non-hydrogen) atoms. The zero-order chi connectivity index (χ0) is 9.40. The fourth-order valence-electron chi connectivity index (χ4n) is 0.735. The second-order valence-electron chi connectivity index (χ2n) is 2.40. The van der Waals surface area contributed by atoms with Gasteiger partial charge in [0, 0.05) is 13.2 Å². The van der Waals surface area contributed by atoms with Gasteiger partial charge in [-0.05, 0) is 13.8 Å². The molecule has 0 aromatic heterocycles. The van der Waals surface area contributed by atoms with Crippen molar-refractivity contribution < 1.29 is 9.53 Å². The third-order valence-corrected chi connectivity index (χ3v) is 1.28. The lowest BCUT2D eigenvalue weighted by molar-refractivity contribution is -0.120. The lowest BCUT2D eigenvalue weighted by atomic mass is 10.3. The fourth-order valence-corrected chi connectivity index (χ4v) is 0.735. The molecule has 0 aromatic rings. The molecule has 0 heterocycles. The van der Waals surface area contributed by atoms with Gasteiger partial charge in [0.1, 0.15) is 6.42 Å². The van der Waals surface area contributed by atoms with E-state index in [1.807, 2.05) is 13.8 Å².